The van der Waals surface area contributed by atoms with Gasteiger partial charge in [0.15, 0.2) is 0 Å². The third-order valence-corrected chi connectivity index (χ3v) is 3.59. The number of allylic oxidation sites excluding steroid dienone is 8. The molecule has 2 heteroatoms. The first kappa shape index (κ1) is 12.8. The van der Waals surface area contributed by atoms with Crippen LogP contribution in [0.4, 0.5) is 0 Å². The third kappa shape index (κ3) is 2.85. The fraction of sp³-hybridized carbons (Fsp3) is 0.222. The summed E-state index contributed by atoms with van der Waals surface area (Å²) in [6.07, 6.45) is 23.9. The molecule has 0 aliphatic heterocycles. The molecule has 0 radical (unpaired) electrons. The minimum Gasteiger partial charge on any atom is -0.469 e. The molecule has 102 valence electrons. The van der Waals surface area contributed by atoms with Crippen LogP contribution >= 0.6 is 0 Å². The minimum absolute atomic E-state index is 1.04. The molecule has 0 saturated heterocycles. The van der Waals surface area contributed by atoms with Gasteiger partial charge in [-0.25, -0.2) is 0 Å². The van der Waals surface area contributed by atoms with Gasteiger partial charge in [-0.1, -0.05) is 36.5 Å². The topological polar surface area (TPSA) is 26.3 Å². The first-order valence-corrected chi connectivity index (χ1v) is 7.04. The highest BCUT2D eigenvalue weighted by atomic mass is 16.4. The van der Waals surface area contributed by atoms with Crippen molar-refractivity contribution in [3.8, 4) is 0 Å². The van der Waals surface area contributed by atoms with Gasteiger partial charge in [-0.15, -0.1) is 0 Å². The Morgan fingerprint density at radius 2 is 1.20 bits per heavy atom. The fourth-order valence-corrected chi connectivity index (χ4v) is 2.56. The molecule has 0 bridgehead atoms. The summed E-state index contributed by atoms with van der Waals surface area (Å²) in [6.45, 7) is 0. The normalized spacial score (nSPS) is 17.4. The lowest BCUT2D eigenvalue weighted by atomic mass is 9.90. The minimum atomic E-state index is 1.04. The molecule has 0 aromatic carbocycles. The molecule has 1 aromatic heterocycles. The van der Waals surface area contributed by atoms with Crippen LogP contribution in [0.5, 0.6) is 0 Å². The maximum absolute atomic E-state index is 5.44. The first-order chi connectivity index (χ1) is 9.95. The van der Waals surface area contributed by atoms with E-state index in [-0.39, 0.29) is 0 Å². The molecule has 0 saturated carbocycles. The number of hydrogen-bond acceptors (Lipinski definition) is 2. The van der Waals surface area contributed by atoms with Crippen LogP contribution in [0, 0.1) is 0 Å². The van der Waals surface area contributed by atoms with Crippen LogP contribution in [0.2, 0.25) is 0 Å². The van der Waals surface area contributed by atoms with E-state index in [0.29, 0.717) is 0 Å². The molecule has 2 aliphatic rings. The molecule has 0 atom stereocenters. The molecule has 0 fully saturated rings. The second-order valence-corrected chi connectivity index (χ2v) is 4.92. The van der Waals surface area contributed by atoms with Gasteiger partial charge in [0.1, 0.15) is 12.5 Å². The van der Waals surface area contributed by atoms with E-state index in [2.05, 4.69) is 36.5 Å². The van der Waals surface area contributed by atoms with E-state index in [0.717, 1.165) is 36.8 Å². The van der Waals surface area contributed by atoms with Gasteiger partial charge in [-0.2, -0.15) is 0 Å². The average Bonchev–Trinajstić information content (AvgIpc) is 2.49. The van der Waals surface area contributed by atoms with Gasteiger partial charge in [0.25, 0.3) is 0 Å². The molecular formula is C18H18O2. The van der Waals surface area contributed by atoms with Crippen molar-refractivity contribution in [2.45, 2.75) is 25.7 Å². The van der Waals surface area contributed by atoms with Crippen LogP contribution in [0.3, 0.4) is 0 Å². The summed E-state index contributed by atoms with van der Waals surface area (Å²) in [5.41, 5.74) is 4.85. The van der Waals surface area contributed by atoms with Crippen LogP contribution in [-0.4, -0.2) is 0 Å². The van der Waals surface area contributed by atoms with Crippen molar-refractivity contribution in [3.05, 3.63) is 72.6 Å². The van der Waals surface area contributed by atoms with Crippen LogP contribution in [-0.2, 0) is 0 Å². The van der Waals surface area contributed by atoms with E-state index in [1.54, 1.807) is 12.5 Å². The molecule has 0 amide bonds. The second kappa shape index (κ2) is 6.29. The lowest BCUT2D eigenvalue weighted by Gasteiger charge is -2.15. The van der Waals surface area contributed by atoms with E-state index < -0.39 is 0 Å². The monoisotopic (exact) mass is 266 g/mol. The van der Waals surface area contributed by atoms with E-state index in [1.807, 2.05) is 12.5 Å². The molecule has 20 heavy (non-hydrogen) atoms. The zero-order chi connectivity index (χ0) is 13.6. The second-order valence-electron chi connectivity index (χ2n) is 4.92. The van der Waals surface area contributed by atoms with Crippen LogP contribution in [0.15, 0.2) is 70.3 Å². The predicted molar refractivity (Wildman–Crippen MR) is 81.3 cm³/mol. The molecule has 0 spiro atoms. The van der Waals surface area contributed by atoms with Crippen LogP contribution < -0.4 is 0 Å². The Kier molecular flexibility index (Phi) is 4.02. The summed E-state index contributed by atoms with van der Waals surface area (Å²) in [5, 5.41) is 0. The Hall–Kier alpha value is -2.22. The summed E-state index contributed by atoms with van der Waals surface area (Å²) in [5.74, 6) is 0. The lowest BCUT2D eigenvalue weighted by molar-refractivity contribution is 0.488. The van der Waals surface area contributed by atoms with Crippen molar-refractivity contribution in [1.29, 1.82) is 0 Å². The standard InChI is InChI=1S/C18H18O2/c1-3-7-15(8-4-1)17-13-19-11-12-20-14-18(17)16-9-5-2-6-10-16/h1-3,5,7,9,11-14H,4,6,8,10H2. The van der Waals surface area contributed by atoms with Gasteiger partial charge < -0.3 is 8.83 Å². The Labute approximate surface area is 119 Å². The summed E-state index contributed by atoms with van der Waals surface area (Å²) in [7, 11) is 0. The lowest BCUT2D eigenvalue weighted by Crippen LogP contribution is -1.95. The maximum Gasteiger partial charge on any atom is 0.125 e. The summed E-state index contributed by atoms with van der Waals surface area (Å²) in [6, 6.07) is 0. The van der Waals surface area contributed by atoms with E-state index in [9.17, 15) is 0 Å². The van der Waals surface area contributed by atoms with Gasteiger partial charge in [-0.05, 0) is 36.8 Å². The van der Waals surface area contributed by atoms with Gasteiger partial charge in [0, 0.05) is 11.1 Å². The van der Waals surface area contributed by atoms with Crippen molar-refractivity contribution in [1.82, 2.24) is 0 Å². The predicted octanol–water partition coefficient (Wildman–Crippen LogP) is 5.46. The van der Waals surface area contributed by atoms with Crippen molar-refractivity contribution in [2.24, 2.45) is 0 Å². The van der Waals surface area contributed by atoms with Gasteiger partial charge in [0.2, 0.25) is 0 Å². The molecular weight excluding hydrogens is 248 g/mol. The SMILES string of the molecule is C1=CCCC(c2coccocc2C2=CC=CCC2)=C1. The molecule has 1 heterocycles. The average molecular weight is 266 g/mol. The fourth-order valence-electron chi connectivity index (χ4n) is 2.56. The molecule has 0 N–H and O–H groups in total. The molecule has 1 aromatic rings. The Balaban J connectivity index is 2.14. The van der Waals surface area contributed by atoms with Crippen LogP contribution in [0.1, 0.15) is 36.8 Å². The Bertz CT molecular complexity index is 578. The highest BCUT2D eigenvalue weighted by Gasteiger charge is 2.13. The van der Waals surface area contributed by atoms with Crippen molar-refractivity contribution >= 4 is 11.1 Å². The van der Waals surface area contributed by atoms with Gasteiger partial charge >= 0.3 is 0 Å². The maximum atomic E-state index is 5.44. The summed E-state index contributed by atoms with van der Waals surface area (Å²) in [4.78, 5) is 0. The summed E-state index contributed by atoms with van der Waals surface area (Å²) >= 11 is 0. The van der Waals surface area contributed by atoms with Crippen LogP contribution in [0.25, 0.3) is 11.1 Å². The van der Waals surface area contributed by atoms with E-state index >= 15 is 0 Å². The highest BCUT2D eigenvalue weighted by molar-refractivity contribution is 5.80. The molecule has 2 aliphatic carbocycles. The van der Waals surface area contributed by atoms with E-state index in [4.69, 9.17) is 8.83 Å². The molecule has 0 unspecified atom stereocenters. The Morgan fingerprint density at radius 1 is 0.700 bits per heavy atom. The molecule has 2 nitrogen and oxygen atoms in total. The zero-order valence-electron chi connectivity index (χ0n) is 11.4. The number of hydrogen-bond donors (Lipinski definition) is 0. The zero-order valence-corrected chi connectivity index (χ0v) is 11.4. The van der Waals surface area contributed by atoms with E-state index in [1.165, 1.54) is 11.1 Å². The van der Waals surface area contributed by atoms with Crippen molar-refractivity contribution < 1.29 is 8.83 Å². The first-order valence-electron chi connectivity index (χ1n) is 7.04. The van der Waals surface area contributed by atoms with Crippen molar-refractivity contribution in [2.75, 3.05) is 0 Å². The third-order valence-electron chi connectivity index (χ3n) is 3.59. The van der Waals surface area contributed by atoms with Gasteiger partial charge in [0.05, 0.1) is 12.5 Å². The Morgan fingerprint density at radius 3 is 1.60 bits per heavy atom. The number of rotatable bonds is 2. The van der Waals surface area contributed by atoms with Gasteiger partial charge in [-0.3, -0.25) is 0 Å². The quantitative estimate of drug-likeness (QED) is 0.710. The smallest absolute Gasteiger partial charge is 0.125 e. The largest absolute Gasteiger partial charge is 0.469 e. The highest BCUT2D eigenvalue weighted by Crippen LogP contribution is 2.32. The molecule has 3 rings (SSSR count). The summed E-state index contributed by atoms with van der Waals surface area (Å²) < 4.78 is 10.9. The van der Waals surface area contributed by atoms with Crippen molar-refractivity contribution in [3.63, 3.8) is 0 Å².